The average Bonchev–Trinajstić information content (AvgIpc) is 2.34. The Morgan fingerprint density at radius 2 is 2.33 bits per heavy atom. The fraction of sp³-hybridized carbons (Fsp3) is 0.385. The molecular formula is C13H17N3O2. The summed E-state index contributed by atoms with van der Waals surface area (Å²) in [7, 11) is 0. The Morgan fingerprint density at radius 3 is 3.11 bits per heavy atom. The van der Waals surface area contributed by atoms with Gasteiger partial charge in [-0.2, -0.15) is 0 Å². The number of nitrogens with two attached hydrogens (primary N) is 1. The molecule has 0 bridgehead atoms. The third-order valence-electron chi connectivity index (χ3n) is 3.49. The summed E-state index contributed by atoms with van der Waals surface area (Å²) in [5, 5.41) is 14.9. The van der Waals surface area contributed by atoms with Crippen molar-refractivity contribution in [2.24, 2.45) is 5.84 Å². The van der Waals surface area contributed by atoms with Crippen LogP contribution in [0, 0.1) is 0 Å². The second-order valence-corrected chi connectivity index (χ2v) is 5.32. The van der Waals surface area contributed by atoms with Crippen LogP contribution in [0.2, 0.25) is 0 Å². The minimum atomic E-state index is -0.780. The molecule has 5 heteroatoms. The number of allylic oxidation sites excluding steroid dienone is 5. The lowest BCUT2D eigenvalue weighted by Crippen LogP contribution is -2.63. The fourth-order valence-corrected chi connectivity index (χ4v) is 2.46. The lowest BCUT2D eigenvalue weighted by atomic mass is 9.91. The highest BCUT2D eigenvalue weighted by Crippen LogP contribution is 2.36. The number of hydrogen-bond donors (Lipinski definition) is 3. The Kier molecular flexibility index (Phi) is 2.30. The van der Waals surface area contributed by atoms with Crippen molar-refractivity contribution in [2.45, 2.75) is 32.0 Å². The first-order chi connectivity index (χ1) is 8.49. The largest absolute Gasteiger partial charge is 0.465 e. The number of ether oxygens (including phenoxy) is 1. The molecule has 1 unspecified atom stereocenters. The molecule has 1 aliphatic carbocycles. The maximum absolute atomic E-state index is 10.1. The van der Waals surface area contributed by atoms with Gasteiger partial charge in [0.15, 0.2) is 6.23 Å². The smallest absolute Gasteiger partial charge is 0.163 e. The molecule has 0 saturated heterocycles. The monoisotopic (exact) mass is 247 g/mol. The van der Waals surface area contributed by atoms with Crippen molar-refractivity contribution in [3.05, 3.63) is 47.2 Å². The van der Waals surface area contributed by atoms with Crippen LogP contribution < -0.4 is 11.2 Å². The van der Waals surface area contributed by atoms with E-state index in [4.69, 9.17) is 10.6 Å². The van der Waals surface area contributed by atoms with E-state index in [1.165, 1.54) is 5.01 Å². The van der Waals surface area contributed by atoms with Crippen LogP contribution in [-0.4, -0.2) is 21.9 Å². The topological polar surface area (TPSA) is 70.8 Å². The van der Waals surface area contributed by atoms with E-state index in [-0.39, 0.29) is 0 Å². The Labute approximate surface area is 106 Å². The highest BCUT2D eigenvalue weighted by Gasteiger charge is 2.40. The van der Waals surface area contributed by atoms with Crippen LogP contribution in [0.5, 0.6) is 0 Å². The molecule has 0 radical (unpaired) electrons. The number of nitrogens with zero attached hydrogens (tertiary/aromatic N) is 1. The van der Waals surface area contributed by atoms with Crippen molar-refractivity contribution in [3.8, 4) is 0 Å². The molecule has 3 aliphatic rings. The van der Waals surface area contributed by atoms with Gasteiger partial charge in [-0.05, 0) is 19.9 Å². The second-order valence-electron chi connectivity index (χ2n) is 5.32. The summed E-state index contributed by atoms with van der Waals surface area (Å²) in [6, 6.07) is 0. The number of fused-ring (bicyclic) bond motifs is 1. The van der Waals surface area contributed by atoms with Crippen LogP contribution in [-0.2, 0) is 4.74 Å². The lowest BCUT2D eigenvalue weighted by Gasteiger charge is -2.46. The third kappa shape index (κ3) is 1.55. The van der Waals surface area contributed by atoms with Crippen molar-refractivity contribution in [1.29, 1.82) is 0 Å². The predicted octanol–water partition coefficient (Wildman–Crippen LogP) is 0.832. The lowest BCUT2D eigenvalue weighted by molar-refractivity contribution is -0.0442. The van der Waals surface area contributed by atoms with Gasteiger partial charge in [0.25, 0.3) is 0 Å². The maximum atomic E-state index is 10.1. The molecule has 1 atom stereocenters. The van der Waals surface area contributed by atoms with E-state index < -0.39 is 11.8 Å². The van der Waals surface area contributed by atoms with Crippen molar-refractivity contribution < 1.29 is 9.84 Å². The van der Waals surface area contributed by atoms with Gasteiger partial charge in [-0.1, -0.05) is 6.08 Å². The molecule has 0 spiro atoms. The summed E-state index contributed by atoms with van der Waals surface area (Å²) in [5.74, 6) is 6.77. The molecule has 0 fully saturated rings. The van der Waals surface area contributed by atoms with Crippen LogP contribution in [0.4, 0.5) is 0 Å². The molecular weight excluding hydrogens is 230 g/mol. The number of aliphatic hydroxyl groups excluding tert-OH is 1. The zero-order valence-electron chi connectivity index (χ0n) is 10.5. The zero-order valence-corrected chi connectivity index (χ0v) is 10.5. The van der Waals surface area contributed by atoms with Gasteiger partial charge in [0.2, 0.25) is 0 Å². The van der Waals surface area contributed by atoms with Gasteiger partial charge in [0, 0.05) is 23.8 Å². The first-order valence-corrected chi connectivity index (χ1v) is 5.97. The van der Waals surface area contributed by atoms with Gasteiger partial charge in [0.1, 0.15) is 5.76 Å². The van der Waals surface area contributed by atoms with Crippen molar-refractivity contribution >= 4 is 0 Å². The average molecular weight is 247 g/mol. The van der Waals surface area contributed by atoms with Gasteiger partial charge >= 0.3 is 0 Å². The maximum Gasteiger partial charge on any atom is 0.163 e. The minimum absolute atomic E-state index is 0.481. The third-order valence-corrected chi connectivity index (χ3v) is 3.49. The molecule has 2 heterocycles. The zero-order chi connectivity index (χ0) is 12.9. The molecule has 96 valence electrons. The highest BCUT2D eigenvalue weighted by atomic mass is 16.5. The highest BCUT2D eigenvalue weighted by molar-refractivity contribution is 5.47. The molecule has 0 aromatic heterocycles. The van der Waals surface area contributed by atoms with E-state index in [1.807, 2.05) is 32.1 Å². The van der Waals surface area contributed by atoms with E-state index in [2.05, 4.69) is 5.32 Å². The van der Waals surface area contributed by atoms with Gasteiger partial charge in [0.05, 0.1) is 17.5 Å². The van der Waals surface area contributed by atoms with E-state index in [0.29, 0.717) is 0 Å². The first kappa shape index (κ1) is 11.4. The molecule has 0 amide bonds. The summed E-state index contributed by atoms with van der Waals surface area (Å²) < 4.78 is 5.45. The Bertz CT molecular complexity index is 514. The van der Waals surface area contributed by atoms with Gasteiger partial charge < -0.3 is 15.2 Å². The number of aliphatic hydroxyl groups is 1. The second kappa shape index (κ2) is 3.63. The molecule has 18 heavy (non-hydrogen) atoms. The van der Waals surface area contributed by atoms with Crippen LogP contribution in [0.1, 0.15) is 20.3 Å². The first-order valence-electron chi connectivity index (χ1n) is 5.97. The predicted molar refractivity (Wildman–Crippen MR) is 67.3 cm³/mol. The Hall–Kier alpha value is -1.72. The molecule has 4 N–H and O–H groups in total. The van der Waals surface area contributed by atoms with Gasteiger partial charge in [-0.15, -0.1) is 0 Å². The van der Waals surface area contributed by atoms with Crippen LogP contribution in [0.15, 0.2) is 47.2 Å². The summed E-state index contributed by atoms with van der Waals surface area (Å²) in [5.41, 5.74) is 2.43. The van der Waals surface area contributed by atoms with Crippen molar-refractivity contribution in [3.63, 3.8) is 0 Å². The summed E-state index contributed by atoms with van der Waals surface area (Å²) in [6.07, 6.45) is 7.35. The normalized spacial score (nSPS) is 28.7. The van der Waals surface area contributed by atoms with E-state index in [1.54, 1.807) is 6.26 Å². The fourth-order valence-electron chi connectivity index (χ4n) is 2.46. The van der Waals surface area contributed by atoms with Gasteiger partial charge in [-0.3, -0.25) is 5.01 Å². The molecule has 3 rings (SSSR count). The Balaban J connectivity index is 2.03. The quantitative estimate of drug-likeness (QED) is 0.553. The van der Waals surface area contributed by atoms with E-state index in [0.717, 1.165) is 29.1 Å². The Morgan fingerprint density at radius 1 is 1.56 bits per heavy atom. The van der Waals surface area contributed by atoms with Crippen molar-refractivity contribution in [2.75, 3.05) is 0 Å². The van der Waals surface area contributed by atoms with Crippen LogP contribution >= 0.6 is 0 Å². The molecule has 0 aromatic carbocycles. The minimum Gasteiger partial charge on any atom is -0.465 e. The molecule has 2 aliphatic heterocycles. The molecule has 0 saturated carbocycles. The number of hydrogen-bond acceptors (Lipinski definition) is 5. The van der Waals surface area contributed by atoms with E-state index in [9.17, 15) is 5.11 Å². The van der Waals surface area contributed by atoms with Crippen molar-refractivity contribution in [1.82, 2.24) is 10.3 Å². The van der Waals surface area contributed by atoms with Gasteiger partial charge in [-0.25, -0.2) is 5.84 Å². The number of rotatable bonds is 0. The molecule has 5 nitrogen and oxygen atoms in total. The number of hydrazine groups is 1. The van der Waals surface area contributed by atoms with Crippen LogP contribution in [0.3, 0.4) is 0 Å². The summed E-state index contributed by atoms with van der Waals surface area (Å²) in [4.78, 5) is 0. The van der Waals surface area contributed by atoms with Crippen LogP contribution in [0.25, 0.3) is 0 Å². The summed E-state index contributed by atoms with van der Waals surface area (Å²) >= 11 is 0. The SMILES string of the molecule is CC1(C)NC2=C(C=C3OC=CC=C3C2)N(N)C1O. The van der Waals surface area contributed by atoms with E-state index >= 15 is 0 Å². The summed E-state index contributed by atoms with van der Waals surface area (Å²) in [6.45, 7) is 3.85. The standard InChI is InChI=1S/C13H17N3O2/c1-13(2)12(17)16(14)10-7-11-8(4-3-5-18-11)6-9(10)15-13/h3-5,7,12,15,17H,6,14H2,1-2H3. The molecule has 0 aromatic rings. The number of nitrogens with one attached hydrogen (secondary N) is 1.